The zero-order valence-electron chi connectivity index (χ0n) is 10.9. The number of hydrogen-bond acceptors (Lipinski definition) is 4. The van der Waals surface area contributed by atoms with Crippen molar-refractivity contribution in [2.75, 3.05) is 17.6 Å². The van der Waals surface area contributed by atoms with E-state index >= 15 is 0 Å². The first-order valence-electron chi connectivity index (χ1n) is 5.75. The van der Waals surface area contributed by atoms with Crippen molar-refractivity contribution in [1.29, 1.82) is 0 Å². The van der Waals surface area contributed by atoms with Crippen molar-refractivity contribution < 1.29 is 13.2 Å². The first-order valence-corrected chi connectivity index (χ1v) is 8.40. The lowest BCUT2D eigenvalue weighted by atomic mass is 10.2. The Labute approximate surface area is 136 Å². The van der Waals surface area contributed by atoms with E-state index in [1.807, 2.05) is 0 Å². The summed E-state index contributed by atoms with van der Waals surface area (Å²) in [5.41, 5.74) is 6.44. The number of benzene rings is 2. The average molecular weight is 392 g/mol. The summed E-state index contributed by atoms with van der Waals surface area (Å²) in [6.07, 6.45) is 0. The molecule has 0 bridgehead atoms. The summed E-state index contributed by atoms with van der Waals surface area (Å²) in [6, 6.07) is 8.99. The van der Waals surface area contributed by atoms with Gasteiger partial charge < -0.3 is 10.5 Å². The number of halogens is 2. The molecule has 0 spiro atoms. The standard InChI is InChI=1S/C13H12BrClN2O3S/c1-20-13-5-2-8(6-12(13)16)17-21(18,19)9-3-4-11(15)10(14)7-9/h2-7,17H,16H2,1H3. The van der Waals surface area contributed by atoms with E-state index in [0.717, 1.165) is 0 Å². The Hall–Kier alpha value is -1.44. The second kappa shape index (κ2) is 6.13. The summed E-state index contributed by atoms with van der Waals surface area (Å²) in [5.74, 6) is 0.479. The van der Waals surface area contributed by atoms with E-state index in [9.17, 15) is 8.42 Å². The summed E-state index contributed by atoms with van der Waals surface area (Å²) in [5, 5.41) is 0.433. The Morgan fingerprint density at radius 3 is 2.52 bits per heavy atom. The molecule has 0 aliphatic rings. The molecule has 2 aromatic carbocycles. The van der Waals surface area contributed by atoms with Crippen molar-refractivity contribution in [2.45, 2.75) is 4.90 Å². The van der Waals surface area contributed by atoms with Crippen LogP contribution in [0.25, 0.3) is 0 Å². The van der Waals surface area contributed by atoms with Crippen LogP contribution in [0.3, 0.4) is 0 Å². The van der Waals surface area contributed by atoms with Crippen LogP contribution in [0.15, 0.2) is 45.8 Å². The second-order valence-electron chi connectivity index (χ2n) is 4.14. The molecular weight excluding hydrogens is 380 g/mol. The molecule has 2 rings (SSSR count). The molecule has 0 saturated heterocycles. The summed E-state index contributed by atoms with van der Waals surface area (Å²) in [6.45, 7) is 0. The third kappa shape index (κ3) is 3.61. The van der Waals surface area contributed by atoms with Crippen LogP contribution in [-0.4, -0.2) is 15.5 Å². The highest BCUT2D eigenvalue weighted by Crippen LogP contribution is 2.28. The number of sulfonamides is 1. The van der Waals surface area contributed by atoms with Gasteiger partial charge >= 0.3 is 0 Å². The minimum atomic E-state index is -3.72. The molecule has 112 valence electrons. The smallest absolute Gasteiger partial charge is 0.261 e. The van der Waals surface area contributed by atoms with Gasteiger partial charge in [0.1, 0.15) is 5.75 Å². The Kier molecular flexibility index (Phi) is 4.65. The molecule has 0 saturated carbocycles. The Morgan fingerprint density at radius 2 is 1.95 bits per heavy atom. The number of anilines is 2. The van der Waals surface area contributed by atoms with E-state index in [-0.39, 0.29) is 4.90 Å². The van der Waals surface area contributed by atoms with Crippen molar-refractivity contribution >= 4 is 48.9 Å². The fourth-order valence-electron chi connectivity index (χ4n) is 1.66. The highest BCUT2D eigenvalue weighted by Gasteiger charge is 2.16. The maximum Gasteiger partial charge on any atom is 0.261 e. The molecule has 21 heavy (non-hydrogen) atoms. The highest BCUT2D eigenvalue weighted by atomic mass is 79.9. The van der Waals surface area contributed by atoms with Crippen molar-refractivity contribution in [2.24, 2.45) is 0 Å². The maximum atomic E-state index is 12.3. The Morgan fingerprint density at radius 1 is 1.24 bits per heavy atom. The SMILES string of the molecule is COc1ccc(NS(=O)(=O)c2ccc(Cl)c(Br)c2)cc1N. The third-order valence-electron chi connectivity index (χ3n) is 2.68. The van der Waals surface area contributed by atoms with E-state index in [1.54, 1.807) is 12.1 Å². The van der Waals surface area contributed by atoms with Gasteiger partial charge in [-0.05, 0) is 52.3 Å². The molecule has 0 fully saturated rings. The van der Waals surface area contributed by atoms with Crippen molar-refractivity contribution in [3.05, 3.63) is 45.9 Å². The molecule has 8 heteroatoms. The van der Waals surface area contributed by atoms with Crippen LogP contribution in [0, 0.1) is 0 Å². The second-order valence-corrected chi connectivity index (χ2v) is 7.08. The van der Waals surface area contributed by atoms with Crippen molar-refractivity contribution in [3.63, 3.8) is 0 Å². The van der Waals surface area contributed by atoms with Gasteiger partial charge in [0.2, 0.25) is 0 Å². The molecule has 5 nitrogen and oxygen atoms in total. The minimum Gasteiger partial charge on any atom is -0.495 e. The molecule has 0 aromatic heterocycles. The van der Waals surface area contributed by atoms with Crippen LogP contribution in [0.5, 0.6) is 5.75 Å². The first-order chi connectivity index (χ1) is 9.83. The monoisotopic (exact) mass is 390 g/mol. The van der Waals surface area contributed by atoms with Gasteiger partial charge in [0, 0.05) is 4.47 Å². The fraction of sp³-hybridized carbons (Fsp3) is 0.0769. The number of rotatable bonds is 4. The van der Waals surface area contributed by atoms with Crippen LogP contribution in [0.4, 0.5) is 11.4 Å². The summed E-state index contributed by atoms with van der Waals surface area (Å²) < 4.78 is 32.5. The zero-order valence-corrected chi connectivity index (χ0v) is 14.1. The maximum absolute atomic E-state index is 12.3. The van der Waals surface area contributed by atoms with E-state index in [2.05, 4.69) is 20.7 Å². The minimum absolute atomic E-state index is 0.0909. The molecule has 2 aromatic rings. The number of ether oxygens (including phenoxy) is 1. The van der Waals surface area contributed by atoms with Gasteiger partial charge in [-0.15, -0.1) is 0 Å². The number of methoxy groups -OCH3 is 1. The van der Waals surface area contributed by atoms with Crippen LogP contribution >= 0.6 is 27.5 Å². The number of nitrogen functional groups attached to an aromatic ring is 1. The lowest BCUT2D eigenvalue weighted by Gasteiger charge is -2.11. The molecule has 0 amide bonds. The average Bonchev–Trinajstić information content (AvgIpc) is 2.41. The quantitative estimate of drug-likeness (QED) is 0.782. The Balaban J connectivity index is 2.32. The lowest BCUT2D eigenvalue weighted by Crippen LogP contribution is -2.13. The third-order valence-corrected chi connectivity index (χ3v) is 5.28. The molecule has 0 radical (unpaired) electrons. The van der Waals surface area contributed by atoms with Crippen LogP contribution in [0.1, 0.15) is 0 Å². The normalized spacial score (nSPS) is 11.2. The van der Waals surface area contributed by atoms with E-state index in [4.69, 9.17) is 22.1 Å². The molecule has 0 heterocycles. The van der Waals surface area contributed by atoms with Gasteiger partial charge in [-0.1, -0.05) is 11.6 Å². The molecule has 0 unspecified atom stereocenters. The van der Waals surface area contributed by atoms with Gasteiger partial charge in [0.25, 0.3) is 10.0 Å². The highest BCUT2D eigenvalue weighted by molar-refractivity contribution is 9.10. The molecule has 0 aliphatic carbocycles. The number of nitrogens with one attached hydrogen (secondary N) is 1. The predicted molar refractivity (Wildman–Crippen MR) is 87.4 cm³/mol. The van der Waals surface area contributed by atoms with Crippen LogP contribution in [-0.2, 0) is 10.0 Å². The van der Waals surface area contributed by atoms with Gasteiger partial charge in [0.05, 0.1) is 28.4 Å². The first kappa shape index (κ1) is 15.9. The molecule has 0 atom stereocenters. The van der Waals surface area contributed by atoms with E-state index in [0.29, 0.717) is 26.6 Å². The predicted octanol–water partition coefficient (Wildman–Crippen LogP) is 3.49. The molecule has 0 aliphatic heterocycles. The Bertz CT molecular complexity index is 781. The van der Waals surface area contributed by atoms with Gasteiger partial charge in [-0.3, -0.25) is 4.72 Å². The van der Waals surface area contributed by atoms with E-state index < -0.39 is 10.0 Å². The van der Waals surface area contributed by atoms with Crippen molar-refractivity contribution in [3.8, 4) is 5.75 Å². The molecular formula is C13H12BrClN2O3S. The van der Waals surface area contributed by atoms with Gasteiger partial charge in [-0.25, -0.2) is 8.42 Å². The zero-order chi connectivity index (χ0) is 15.6. The fourth-order valence-corrected chi connectivity index (χ4v) is 3.38. The summed E-state index contributed by atoms with van der Waals surface area (Å²) in [4.78, 5) is 0.0909. The lowest BCUT2D eigenvalue weighted by molar-refractivity contribution is 0.417. The van der Waals surface area contributed by atoms with Gasteiger partial charge in [-0.2, -0.15) is 0 Å². The van der Waals surface area contributed by atoms with E-state index in [1.165, 1.54) is 31.4 Å². The van der Waals surface area contributed by atoms with Crippen LogP contribution in [0.2, 0.25) is 5.02 Å². The van der Waals surface area contributed by atoms with Crippen LogP contribution < -0.4 is 15.2 Å². The molecule has 3 N–H and O–H groups in total. The number of hydrogen-bond donors (Lipinski definition) is 2. The number of nitrogens with two attached hydrogens (primary N) is 1. The van der Waals surface area contributed by atoms with Gasteiger partial charge in [0.15, 0.2) is 0 Å². The largest absolute Gasteiger partial charge is 0.495 e. The van der Waals surface area contributed by atoms with Crippen molar-refractivity contribution in [1.82, 2.24) is 0 Å². The topological polar surface area (TPSA) is 81.4 Å². The summed E-state index contributed by atoms with van der Waals surface area (Å²) in [7, 11) is -2.24. The summed E-state index contributed by atoms with van der Waals surface area (Å²) >= 11 is 9.05.